The number of aryl methyl sites for hydroxylation is 1. The normalized spacial score (nSPS) is 10.7. The second-order valence-electron chi connectivity index (χ2n) is 5.60. The van der Waals surface area contributed by atoms with Crippen LogP contribution in [0.4, 0.5) is 5.69 Å². The van der Waals surface area contributed by atoms with Gasteiger partial charge in [0.1, 0.15) is 5.75 Å². The van der Waals surface area contributed by atoms with Gasteiger partial charge in [0.05, 0.1) is 7.11 Å². The van der Waals surface area contributed by atoms with E-state index < -0.39 is 0 Å². The first-order chi connectivity index (χ1) is 10.1. The van der Waals surface area contributed by atoms with Crippen LogP contribution in [0.3, 0.4) is 0 Å². The van der Waals surface area contributed by atoms with Crippen LogP contribution in [0.2, 0.25) is 0 Å². The fourth-order valence-electron chi connectivity index (χ4n) is 2.40. The predicted molar refractivity (Wildman–Crippen MR) is 88.9 cm³/mol. The minimum Gasteiger partial charge on any atom is -0.496 e. The van der Waals surface area contributed by atoms with Gasteiger partial charge in [-0.05, 0) is 55.9 Å². The fraction of sp³-hybridized carbons (Fsp3) is 0.333. The Balaban J connectivity index is 2.01. The van der Waals surface area contributed by atoms with E-state index in [4.69, 9.17) is 4.74 Å². The predicted octanol–water partition coefficient (Wildman–Crippen LogP) is 3.68. The first kappa shape index (κ1) is 15.4. The lowest BCUT2D eigenvalue weighted by Gasteiger charge is -2.13. The summed E-state index contributed by atoms with van der Waals surface area (Å²) in [6, 6.07) is 14.8. The van der Waals surface area contributed by atoms with Crippen molar-refractivity contribution < 1.29 is 4.74 Å². The summed E-state index contributed by atoms with van der Waals surface area (Å²) < 4.78 is 5.29. The summed E-state index contributed by atoms with van der Waals surface area (Å²) in [5.41, 5.74) is 4.89. The van der Waals surface area contributed by atoms with E-state index in [0.29, 0.717) is 0 Å². The van der Waals surface area contributed by atoms with E-state index in [2.05, 4.69) is 67.6 Å². The highest BCUT2D eigenvalue weighted by molar-refractivity contribution is 5.47. The van der Waals surface area contributed by atoms with E-state index in [9.17, 15) is 0 Å². The maximum atomic E-state index is 5.29. The number of ether oxygens (including phenoxy) is 1. The minimum absolute atomic E-state index is 0.816. The maximum absolute atomic E-state index is 5.29. The van der Waals surface area contributed by atoms with Gasteiger partial charge in [-0.2, -0.15) is 0 Å². The summed E-state index contributed by atoms with van der Waals surface area (Å²) in [5.74, 6) is 0.937. The fourth-order valence-corrected chi connectivity index (χ4v) is 2.40. The van der Waals surface area contributed by atoms with E-state index in [1.807, 2.05) is 6.07 Å². The van der Waals surface area contributed by atoms with Crippen LogP contribution in [-0.4, -0.2) is 26.1 Å². The van der Waals surface area contributed by atoms with Gasteiger partial charge < -0.3 is 15.0 Å². The second kappa shape index (κ2) is 7.14. The molecule has 2 aromatic rings. The first-order valence-electron chi connectivity index (χ1n) is 7.19. The molecule has 0 aromatic heterocycles. The van der Waals surface area contributed by atoms with Crippen LogP contribution in [0.1, 0.15) is 16.7 Å². The zero-order valence-corrected chi connectivity index (χ0v) is 13.3. The van der Waals surface area contributed by atoms with Gasteiger partial charge in [-0.25, -0.2) is 0 Å². The summed E-state index contributed by atoms with van der Waals surface area (Å²) in [4.78, 5) is 2.17. The molecule has 21 heavy (non-hydrogen) atoms. The average Bonchev–Trinajstić information content (AvgIpc) is 2.45. The summed E-state index contributed by atoms with van der Waals surface area (Å²) in [7, 11) is 5.87. The molecule has 0 saturated heterocycles. The van der Waals surface area contributed by atoms with Crippen molar-refractivity contribution in [3.8, 4) is 5.75 Å². The molecule has 0 saturated carbocycles. The Bertz CT molecular complexity index is 594. The molecule has 2 aromatic carbocycles. The van der Waals surface area contributed by atoms with Crippen LogP contribution in [0.15, 0.2) is 42.5 Å². The van der Waals surface area contributed by atoms with Gasteiger partial charge >= 0.3 is 0 Å². The SMILES string of the molecule is COc1ccc(CNc2cccc(CN(C)C)c2)cc1C. The molecule has 0 radical (unpaired) electrons. The van der Waals surface area contributed by atoms with E-state index in [0.717, 1.165) is 30.1 Å². The third-order valence-corrected chi connectivity index (χ3v) is 3.38. The Kier molecular flexibility index (Phi) is 5.23. The molecule has 0 aliphatic heterocycles. The van der Waals surface area contributed by atoms with Crippen LogP contribution in [0, 0.1) is 6.92 Å². The van der Waals surface area contributed by atoms with Crippen molar-refractivity contribution in [1.29, 1.82) is 0 Å². The number of nitrogens with one attached hydrogen (secondary N) is 1. The molecule has 112 valence electrons. The Morgan fingerprint density at radius 2 is 1.86 bits per heavy atom. The van der Waals surface area contributed by atoms with Crippen molar-refractivity contribution in [2.75, 3.05) is 26.5 Å². The van der Waals surface area contributed by atoms with E-state index in [1.165, 1.54) is 11.1 Å². The lowest BCUT2D eigenvalue weighted by atomic mass is 10.1. The number of nitrogens with zero attached hydrogens (tertiary/aromatic N) is 1. The number of hydrogen-bond acceptors (Lipinski definition) is 3. The smallest absolute Gasteiger partial charge is 0.121 e. The van der Waals surface area contributed by atoms with Crippen molar-refractivity contribution in [3.05, 3.63) is 59.2 Å². The highest BCUT2D eigenvalue weighted by Crippen LogP contribution is 2.19. The summed E-state index contributed by atoms with van der Waals surface area (Å²) in [5, 5.41) is 3.48. The molecule has 0 aliphatic carbocycles. The number of benzene rings is 2. The minimum atomic E-state index is 0.816. The third-order valence-electron chi connectivity index (χ3n) is 3.38. The summed E-state index contributed by atoms with van der Waals surface area (Å²) in [6.07, 6.45) is 0. The number of anilines is 1. The molecular formula is C18H24N2O. The molecule has 1 N–H and O–H groups in total. The molecule has 0 unspecified atom stereocenters. The Labute approximate surface area is 127 Å². The van der Waals surface area contributed by atoms with E-state index >= 15 is 0 Å². The molecular weight excluding hydrogens is 260 g/mol. The number of hydrogen-bond donors (Lipinski definition) is 1. The largest absolute Gasteiger partial charge is 0.496 e. The van der Waals surface area contributed by atoms with Crippen LogP contribution < -0.4 is 10.1 Å². The van der Waals surface area contributed by atoms with Crippen molar-refractivity contribution >= 4 is 5.69 Å². The highest BCUT2D eigenvalue weighted by atomic mass is 16.5. The Morgan fingerprint density at radius 1 is 1.05 bits per heavy atom. The molecule has 0 aliphatic rings. The Hall–Kier alpha value is -2.00. The molecule has 3 heteroatoms. The monoisotopic (exact) mass is 284 g/mol. The number of rotatable bonds is 6. The molecule has 0 heterocycles. The van der Waals surface area contributed by atoms with Crippen molar-refractivity contribution in [1.82, 2.24) is 4.90 Å². The lowest BCUT2D eigenvalue weighted by molar-refractivity contribution is 0.402. The van der Waals surface area contributed by atoms with Gasteiger partial charge in [0.2, 0.25) is 0 Å². The van der Waals surface area contributed by atoms with Gasteiger partial charge in [-0.15, -0.1) is 0 Å². The van der Waals surface area contributed by atoms with Crippen molar-refractivity contribution in [2.24, 2.45) is 0 Å². The Morgan fingerprint density at radius 3 is 2.52 bits per heavy atom. The molecule has 0 fully saturated rings. The summed E-state index contributed by atoms with van der Waals surface area (Å²) >= 11 is 0. The zero-order chi connectivity index (χ0) is 15.2. The van der Waals surface area contributed by atoms with Crippen LogP contribution in [0.5, 0.6) is 5.75 Å². The van der Waals surface area contributed by atoms with E-state index in [-0.39, 0.29) is 0 Å². The average molecular weight is 284 g/mol. The highest BCUT2D eigenvalue weighted by Gasteiger charge is 2.01. The lowest BCUT2D eigenvalue weighted by Crippen LogP contribution is -2.10. The standard InChI is InChI=1S/C18H24N2O/c1-14-10-15(8-9-18(14)21-4)12-19-17-7-5-6-16(11-17)13-20(2)3/h5-11,19H,12-13H2,1-4H3. The molecule has 0 atom stereocenters. The van der Waals surface area contributed by atoms with Gasteiger partial charge in [0.25, 0.3) is 0 Å². The third kappa shape index (κ3) is 4.50. The van der Waals surface area contributed by atoms with Crippen molar-refractivity contribution in [3.63, 3.8) is 0 Å². The van der Waals surface area contributed by atoms with Crippen molar-refractivity contribution in [2.45, 2.75) is 20.0 Å². The van der Waals surface area contributed by atoms with Gasteiger partial charge in [0, 0.05) is 18.8 Å². The molecule has 0 amide bonds. The first-order valence-corrected chi connectivity index (χ1v) is 7.19. The van der Waals surface area contributed by atoms with Gasteiger partial charge in [-0.3, -0.25) is 0 Å². The molecule has 2 rings (SSSR count). The second-order valence-corrected chi connectivity index (χ2v) is 5.60. The zero-order valence-electron chi connectivity index (χ0n) is 13.3. The quantitative estimate of drug-likeness (QED) is 0.876. The van der Waals surface area contributed by atoms with Crippen LogP contribution in [-0.2, 0) is 13.1 Å². The molecule has 0 spiro atoms. The summed E-state index contributed by atoms with van der Waals surface area (Å²) in [6.45, 7) is 3.84. The van der Waals surface area contributed by atoms with Crippen LogP contribution >= 0.6 is 0 Å². The van der Waals surface area contributed by atoms with E-state index in [1.54, 1.807) is 7.11 Å². The molecule has 0 bridgehead atoms. The van der Waals surface area contributed by atoms with Gasteiger partial charge in [0.15, 0.2) is 0 Å². The molecule has 3 nitrogen and oxygen atoms in total. The maximum Gasteiger partial charge on any atom is 0.121 e. The van der Waals surface area contributed by atoms with Gasteiger partial charge in [-0.1, -0.05) is 24.3 Å². The number of methoxy groups -OCH3 is 1. The van der Waals surface area contributed by atoms with Crippen LogP contribution in [0.25, 0.3) is 0 Å². The topological polar surface area (TPSA) is 24.5 Å².